The van der Waals surface area contributed by atoms with Gasteiger partial charge < -0.3 is 5.32 Å². The second kappa shape index (κ2) is 5.79. The van der Waals surface area contributed by atoms with Crippen LogP contribution in [0.3, 0.4) is 0 Å². The lowest BCUT2D eigenvalue weighted by Crippen LogP contribution is -2.36. The molecular weight excluding hydrogens is 270 g/mol. The molecule has 0 radical (unpaired) electrons. The first-order chi connectivity index (χ1) is 9.74. The summed E-state index contributed by atoms with van der Waals surface area (Å²) in [6.07, 6.45) is 8.31. The summed E-state index contributed by atoms with van der Waals surface area (Å²) in [7, 11) is 0. The number of nitrogens with zero attached hydrogens (tertiary/aromatic N) is 2. The van der Waals surface area contributed by atoms with Gasteiger partial charge in [0.1, 0.15) is 0 Å². The Labute approximate surface area is 122 Å². The lowest BCUT2D eigenvalue weighted by Gasteiger charge is -2.16. The maximum absolute atomic E-state index is 12.4. The molecule has 1 N–H and O–H groups in total. The molecule has 1 aliphatic rings. The number of carbonyl (C=O) groups is 1. The highest BCUT2D eigenvalue weighted by atomic mass is 32.1. The van der Waals surface area contributed by atoms with Crippen molar-refractivity contribution in [2.75, 3.05) is 0 Å². The predicted molar refractivity (Wildman–Crippen MR) is 80.1 cm³/mol. The molecule has 1 unspecified atom stereocenters. The Morgan fingerprint density at radius 2 is 2.35 bits per heavy atom. The number of hydrogen-bond acceptors (Lipinski definition) is 3. The van der Waals surface area contributed by atoms with Gasteiger partial charge in [0.25, 0.3) is 5.91 Å². The van der Waals surface area contributed by atoms with Crippen molar-refractivity contribution in [3.05, 3.63) is 39.8 Å². The van der Waals surface area contributed by atoms with Gasteiger partial charge in [-0.1, -0.05) is 0 Å². The zero-order chi connectivity index (χ0) is 13.9. The molecule has 2 aromatic heterocycles. The van der Waals surface area contributed by atoms with E-state index in [1.807, 2.05) is 29.2 Å². The SMILES string of the molecule is CC(Cn1cccn1)NC(=O)c1csc2c1CCCC2. The smallest absolute Gasteiger partial charge is 0.252 e. The largest absolute Gasteiger partial charge is 0.348 e. The lowest BCUT2D eigenvalue weighted by atomic mass is 9.95. The van der Waals surface area contributed by atoms with E-state index in [2.05, 4.69) is 10.4 Å². The van der Waals surface area contributed by atoms with Crippen molar-refractivity contribution < 1.29 is 4.79 Å². The molecule has 3 rings (SSSR count). The van der Waals surface area contributed by atoms with E-state index in [0.717, 1.165) is 18.4 Å². The number of thiophene rings is 1. The van der Waals surface area contributed by atoms with Crippen molar-refractivity contribution in [1.82, 2.24) is 15.1 Å². The highest BCUT2D eigenvalue weighted by Crippen LogP contribution is 2.30. The van der Waals surface area contributed by atoms with Crippen LogP contribution in [0.15, 0.2) is 23.8 Å². The molecule has 1 amide bonds. The normalized spacial score (nSPS) is 15.7. The number of rotatable bonds is 4. The van der Waals surface area contributed by atoms with Crippen molar-refractivity contribution >= 4 is 17.2 Å². The Balaban J connectivity index is 1.65. The van der Waals surface area contributed by atoms with Gasteiger partial charge in [-0.2, -0.15) is 5.10 Å². The highest BCUT2D eigenvalue weighted by Gasteiger charge is 2.21. The topological polar surface area (TPSA) is 46.9 Å². The molecule has 0 aromatic carbocycles. The summed E-state index contributed by atoms with van der Waals surface area (Å²) in [5.41, 5.74) is 2.17. The van der Waals surface area contributed by atoms with Gasteiger partial charge in [-0.15, -0.1) is 11.3 Å². The fourth-order valence-corrected chi connectivity index (χ4v) is 3.85. The van der Waals surface area contributed by atoms with Gasteiger partial charge in [-0.25, -0.2) is 0 Å². The van der Waals surface area contributed by atoms with E-state index in [1.54, 1.807) is 17.5 Å². The Kier molecular flexibility index (Phi) is 3.87. The van der Waals surface area contributed by atoms with E-state index in [-0.39, 0.29) is 11.9 Å². The van der Waals surface area contributed by atoms with Gasteiger partial charge in [0.2, 0.25) is 0 Å². The number of aromatic nitrogens is 2. The summed E-state index contributed by atoms with van der Waals surface area (Å²) < 4.78 is 1.84. The van der Waals surface area contributed by atoms with Crippen molar-refractivity contribution in [3.63, 3.8) is 0 Å². The zero-order valence-corrected chi connectivity index (χ0v) is 12.4. The Morgan fingerprint density at radius 3 is 3.15 bits per heavy atom. The molecule has 5 heteroatoms. The van der Waals surface area contributed by atoms with E-state index >= 15 is 0 Å². The standard InChI is InChI=1S/C15H19N3OS/c1-11(9-18-8-4-7-16-18)17-15(19)13-10-20-14-6-3-2-5-12(13)14/h4,7-8,10-11H,2-3,5-6,9H2,1H3,(H,17,19). The van der Waals surface area contributed by atoms with Crippen molar-refractivity contribution in [2.45, 2.75) is 45.2 Å². The molecule has 0 aliphatic heterocycles. The van der Waals surface area contributed by atoms with Gasteiger partial charge >= 0.3 is 0 Å². The fourth-order valence-electron chi connectivity index (χ4n) is 2.72. The van der Waals surface area contributed by atoms with E-state index in [0.29, 0.717) is 6.54 Å². The minimum absolute atomic E-state index is 0.0593. The molecule has 4 nitrogen and oxygen atoms in total. The number of carbonyl (C=O) groups excluding carboxylic acids is 1. The molecule has 0 saturated heterocycles. The minimum Gasteiger partial charge on any atom is -0.348 e. The third kappa shape index (κ3) is 2.77. The monoisotopic (exact) mass is 289 g/mol. The Bertz CT molecular complexity index is 588. The van der Waals surface area contributed by atoms with Crippen LogP contribution in [0.5, 0.6) is 0 Å². The van der Waals surface area contributed by atoms with E-state index in [9.17, 15) is 4.79 Å². The second-order valence-electron chi connectivity index (χ2n) is 5.36. The first kappa shape index (κ1) is 13.4. The van der Waals surface area contributed by atoms with Crippen LogP contribution < -0.4 is 5.32 Å². The molecule has 0 saturated carbocycles. The summed E-state index contributed by atoms with van der Waals surface area (Å²) >= 11 is 1.73. The Hall–Kier alpha value is -1.62. The lowest BCUT2D eigenvalue weighted by molar-refractivity contribution is 0.0935. The fraction of sp³-hybridized carbons (Fsp3) is 0.467. The highest BCUT2D eigenvalue weighted by molar-refractivity contribution is 7.10. The van der Waals surface area contributed by atoms with Crippen LogP contribution in [-0.2, 0) is 19.4 Å². The van der Waals surface area contributed by atoms with E-state index < -0.39 is 0 Å². The quantitative estimate of drug-likeness (QED) is 0.940. The maximum atomic E-state index is 12.4. The van der Waals surface area contributed by atoms with Crippen LogP contribution in [0.1, 0.15) is 40.6 Å². The van der Waals surface area contributed by atoms with Crippen LogP contribution in [0, 0.1) is 0 Å². The van der Waals surface area contributed by atoms with Crippen molar-refractivity contribution in [3.8, 4) is 0 Å². The minimum atomic E-state index is 0.0593. The third-order valence-electron chi connectivity index (χ3n) is 3.70. The second-order valence-corrected chi connectivity index (χ2v) is 6.33. The molecule has 0 spiro atoms. The van der Waals surface area contributed by atoms with Gasteiger partial charge in [0, 0.05) is 28.7 Å². The van der Waals surface area contributed by atoms with Gasteiger partial charge in [0.05, 0.1) is 12.1 Å². The Morgan fingerprint density at radius 1 is 1.50 bits per heavy atom. The summed E-state index contributed by atoms with van der Waals surface area (Å²) in [6.45, 7) is 2.71. The average Bonchev–Trinajstić information content (AvgIpc) is 3.07. The molecule has 1 atom stereocenters. The van der Waals surface area contributed by atoms with Crippen LogP contribution >= 0.6 is 11.3 Å². The van der Waals surface area contributed by atoms with Gasteiger partial charge in [-0.05, 0) is 44.2 Å². The molecule has 2 aromatic rings. The number of amides is 1. The molecule has 1 aliphatic carbocycles. The van der Waals surface area contributed by atoms with Crippen molar-refractivity contribution in [2.24, 2.45) is 0 Å². The molecule has 20 heavy (non-hydrogen) atoms. The molecule has 0 bridgehead atoms. The van der Waals surface area contributed by atoms with Crippen LogP contribution in [0.4, 0.5) is 0 Å². The first-order valence-electron chi connectivity index (χ1n) is 7.11. The molecule has 106 valence electrons. The number of nitrogens with one attached hydrogen (secondary N) is 1. The van der Waals surface area contributed by atoms with E-state index in [4.69, 9.17) is 0 Å². The number of fused-ring (bicyclic) bond motifs is 1. The third-order valence-corrected chi connectivity index (χ3v) is 4.79. The van der Waals surface area contributed by atoms with E-state index in [1.165, 1.54) is 23.3 Å². The van der Waals surface area contributed by atoms with Crippen LogP contribution in [0.2, 0.25) is 0 Å². The molecular formula is C15H19N3OS. The summed E-state index contributed by atoms with van der Waals surface area (Å²) in [5.74, 6) is 0.0593. The van der Waals surface area contributed by atoms with Crippen molar-refractivity contribution in [1.29, 1.82) is 0 Å². The maximum Gasteiger partial charge on any atom is 0.252 e. The van der Waals surface area contributed by atoms with Gasteiger partial charge in [0.15, 0.2) is 0 Å². The molecule has 0 fully saturated rings. The van der Waals surface area contributed by atoms with Gasteiger partial charge in [-0.3, -0.25) is 9.48 Å². The average molecular weight is 289 g/mol. The predicted octanol–water partition coefficient (Wildman–Crippen LogP) is 2.64. The summed E-state index contributed by atoms with van der Waals surface area (Å²) in [6, 6.07) is 1.96. The summed E-state index contributed by atoms with van der Waals surface area (Å²) in [4.78, 5) is 13.8. The first-order valence-corrected chi connectivity index (χ1v) is 7.99. The van der Waals surface area contributed by atoms with Crippen LogP contribution in [-0.4, -0.2) is 21.7 Å². The zero-order valence-electron chi connectivity index (χ0n) is 11.6. The molecule has 2 heterocycles. The summed E-state index contributed by atoms with van der Waals surface area (Å²) in [5, 5.41) is 9.26. The number of aryl methyl sites for hydroxylation is 1. The number of hydrogen-bond donors (Lipinski definition) is 1. The van der Waals surface area contributed by atoms with Crippen LogP contribution in [0.25, 0.3) is 0 Å².